The van der Waals surface area contributed by atoms with Crippen molar-refractivity contribution in [3.63, 3.8) is 0 Å². The van der Waals surface area contributed by atoms with Crippen molar-refractivity contribution in [2.24, 2.45) is 35.2 Å². The normalized spacial score (nSPS) is 10.1. The van der Waals surface area contributed by atoms with Gasteiger partial charge in [0.1, 0.15) is 5.69 Å². The van der Waals surface area contributed by atoms with Crippen molar-refractivity contribution in [2.75, 3.05) is 0 Å². The van der Waals surface area contributed by atoms with Crippen LogP contribution in [-0.4, -0.2) is 47.8 Å². The van der Waals surface area contributed by atoms with E-state index in [9.17, 15) is 0 Å². The van der Waals surface area contributed by atoms with Crippen LogP contribution in [0.1, 0.15) is 0 Å². The van der Waals surface area contributed by atoms with Gasteiger partial charge in [-0.25, -0.2) is 15.0 Å². The molecule has 0 bridgehead atoms. The van der Waals surface area contributed by atoms with Crippen molar-refractivity contribution in [3.8, 4) is 34.7 Å². The van der Waals surface area contributed by atoms with Crippen molar-refractivity contribution in [1.82, 2.24) is 47.8 Å². The second-order valence-corrected chi connectivity index (χ2v) is 8.08. The van der Waals surface area contributed by atoms with E-state index in [0.29, 0.717) is 0 Å². The Morgan fingerprint density at radius 2 is 1.00 bits per heavy atom. The summed E-state index contributed by atoms with van der Waals surface area (Å²) in [5, 5.41) is 0. The zero-order chi connectivity index (χ0) is 25.5. The largest absolute Gasteiger partial charge is 1.00 e. The summed E-state index contributed by atoms with van der Waals surface area (Å²) in [6, 6.07) is 10.8. The molecule has 0 saturated carbocycles. The Bertz CT molecular complexity index is 1350. The Morgan fingerprint density at radius 3 is 1.38 bits per heavy atom. The van der Waals surface area contributed by atoms with Gasteiger partial charge in [0.25, 0.3) is 0 Å². The van der Waals surface area contributed by atoms with E-state index >= 15 is 0 Å². The van der Waals surface area contributed by atoms with Gasteiger partial charge >= 0.3 is 19.8 Å². The van der Waals surface area contributed by atoms with E-state index in [4.69, 9.17) is 0 Å². The van der Waals surface area contributed by atoms with Crippen molar-refractivity contribution in [1.29, 1.82) is 0 Å². The van der Waals surface area contributed by atoms with Crippen molar-refractivity contribution >= 4 is 0 Å². The Balaban J connectivity index is 0.000000152. The van der Waals surface area contributed by atoms with Crippen LogP contribution in [0.2, 0.25) is 0 Å². The summed E-state index contributed by atoms with van der Waals surface area (Å²) in [4.78, 5) is 21.0. The first kappa shape index (κ1) is 27.5. The Labute approximate surface area is 229 Å². The number of rotatable bonds is 3. The number of hydrogen-bond acceptors (Lipinski definition) is 5. The topological polar surface area (TPSA) is 89.1 Å². The van der Waals surface area contributed by atoms with Crippen molar-refractivity contribution in [3.05, 3.63) is 92.3 Å². The molecule has 6 rings (SSSR count). The van der Waals surface area contributed by atoms with E-state index in [1.54, 1.807) is 31.0 Å². The van der Waals surface area contributed by atoms with Crippen LogP contribution in [0.3, 0.4) is 0 Å². The first-order valence-corrected chi connectivity index (χ1v) is 11.3. The molecule has 0 aromatic carbocycles. The molecule has 0 unspecified atom stereocenters. The van der Waals surface area contributed by atoms with Crippen LogP contribution in [0.25, 0.3) is 34.7 Å². The molecule has 0 aliphatic carbocycles. The van der Waals surface area contributed by atoms with Crippen molar-refractivity contribution < 1.29 is 19.8 Å². The molecule has 0 atom stereocenters. The van der Waals surface area contributed by atoms with Crippen LogP contribution in [0.4, 0.5) is 0 Å². The predicted octanol–water partition coefficient (Wildman–Crippen LogP) is 3.53. The van der Waals surface area contributed by atoms with Crippen LogP contribution in [0.15, 0.2) is 86.2 Å². The Hall–Kier alpha value is -4.09. The molecule has 191 valence electrons. The molecule has 0 amide bonds. The van der Waals surface area contributed by atoms with Gasteiger partial charge in [0.05, 0.1) is 5.82 Å². The summed E-state index contributed by atoms with van der Waals surface area (Å²) >= 11 is 0. The molecule has 10 nitrogen and oxygen atoms in total. The summed E-state index contributed by atoms with van der Waals surface area (Å²) < 4.78 is 9.82. The zero-order valence-electron chi connectivity index (χ0n) is 21.4. The quantitative estimate of drug-likeness (QED) is 0.269. The van der Waals surface area contributed by atoms with Gasteiger partial charge in [0, 0.05) is 84.0 Å². The molecule has 0 N–H and O–H groups in total. The molecule has 6 aromatic heterocycles. The SMILES string of the molecule is Cn1cc[c-]c1-c1nccn1C.Cn1ccnc1-c1ccccn1.Cn1ccnc1-c1nccn1C.[Os+]. The minimum absolute atomic E-state index is 0. The van der Waals surface area contributed by atoms with Gasteiger partial charge in [-0.15, -0.1) is 0 Å². The van der Waals surface area contributed by atoms with Crippen molar-refractivity contribution in [2.45, 2.75) is 0 Å². The van der Waals surface area contributed by atoms with Gasteiger partial charge in [0.2, 0.25) is 0 Å². The zero-order valence-corrected chi connectivity index (χ0v) is 23.9. The van der Waals surface area contributed by atoms with E-state index in [1.807, 2.05) is 113 Å². The summed E-state index contributed by atoms with van der Waals surface area (Å²) in [5.41, 5.74) is 1.92. The molecule has 0 saturated heterocycles. The molecule has 0 aliphatic rings. The van der Waals surface area contributed by atoms with Crippen LogP contribution >= 0.6 is 0 Å². The molecule has 0 spiro atoms. The average Bonchev–Trinajstić information content (AvgIpc) is 3.70. The molecule has 0 fully saturated rings. The van der Waals surface area contributed by atoms with Crippen LogP contribution in [0.5, 0.6) is 0 Å². The maximum atomic E-state index is 4.23. The molecule has 1 radical (unpaired) electrons. The fourth-order valence-electron chi connectivity index (χ4n) is 3.49. The fraction of sp³-hybridized carbons (Fsp3) is 0.192. The predicted molar refractivity (Wildman–Crippen MR) is 138 cm³/mol. The number of aromatic nitrogens is 10. The molecular formula is C26H29N10Os. The average molecular weight is 672 g/mol. The first-order valence-electron chi connectivity index (χ1n) is 11.3. The molecule has 6 heterocycles. The van der Waals surface area contributed by atoms with Gasteiger partial charge in [-0.2, -0.15) is 12.1 Å². The second-order valence-electron chi connectivity index (χ2n) is 8.08. The van der Waals surface area contributed by atoms with Gasteiger partial charge in [-0.3, -0.25) is 9.97 Å². The number of hydrogen-bond donors (Lipinski definition) is 0. The summed E-state index contributed by atoms with van der Waals surface area (Å²) in [6.07, 6.45) is 18.5. The summed E-state index contributed by atoms with van der Waals surface area (Å²) in [7, 11) is 9.83. The third kappa shape index (κ3) is 6.57. The maximum Gasteiger partial charge on any atom is 1.00 e. The van der Waals surface area contributed by atoms with Gasteiger partial charge in [-0.05, 0) is 24.9 Å². The Morgan fingerprint density at radius 1 is 0.514 bits per heavy atom. The number of imidazole rings is 4. The molecule has 37 heavy (non-hydrogen) atoms. The van der Waals surface area contributed by atoms with Gasteiger partial charge in [-0.1, -0.05) is 12.3 Å². The van der Waals surface area contributed by atoms with Gasteiger partial charge < -0.3 is 22.8 Å². The van der Waals surface area contributed by atoms with E-state index in [0.717, 1.165) is 34.7 Å². The molecule has 6 aromatic rings. The van der Waals surface area contributed by atoms with Crippen LogP contribution < -0.4 is 0 Å². The standard InChI is InChI=1S/C9H10N3.C9H9N3.C8H10N4.Os/c1-11-6-3-4-8(11)9-10-5-7-12(9)2;1-12-7-6-11-9(12)8-4-2-3-5-10-8;1-11-5-3-9-7(11)8-10-4-6-12(8)2;/h3,5-7H,1-2H3;2-7H,1H3;3-6H,1-2H3;/q-1;;;+1. The Kier molecular flexibility index (Phi) is 9.47. The second kappa shape index (κ2) is 12.7. The molecule has 0 aliphatic heterocycles. The van der Waals surface area contributed by atoms with E-state index < -0.39 is 0 Å². The number of aryl methyl sites for hydroxylation is 5. The first-order chi connectivity index (χ1) is 17.5. The monoisotopic (exact) mass is 673 g/mol. The third-order valence-electron chi connectivity index (χ3n) is 5.46. The van der Waals surface area contributed by atoms with E-state index in [2.05, 4.69) is 31.0 Å². The number of nitrogens with zero attached hydrogens (tertiary/aromatic N) is 10. The smallest absolute Gasteiger partial charge is 0.420 e. The van der Waals surface area contributed by atoms with Crippen LogP contribution in [0, 0.1) is 6.07 Å². The third-order valence-corrected chi connectivity index (χ3v) is 5.46. The summed E-state index contributed by atoms with van der Waals surface area (Å²) in [6.45, 7) is 0. The summed E-state index contributed by atoms with van der Waals surface area (Å²) in [5.74, 6) is 3.63. The van der Waals surface area contributed by atoms with Gasteiger partial charge in [0.15, 0.2) is 17.5 Å². The molecular weight excluding hydrogens is 643 g/mol. The van der Waals surface area contributed by atoms with Crippen LogP contribution in [-0.2, 0) is 55.0 Å². The minimum Gasteiger partial charge on any atom is -0.420 e. The number of pyridine rings is 1. The fourth-order valence-corrected chi connectivity index (χ4v) is 3.49. The minimum atomic E-state index is 0. The van der Waals surface area contributed by atoms with E-state index in [1.165, 1.54) is 0 Å². The molecule has 11 heteroatoms. The maximum absolute atomic E-state index is 4.23. The van der Waals surface area contributed by atoms with E-state index in [-0.39, 0.29) is 19.8 Å².